The Morgan fingerprint density at radius 2 is 1.88 bits per heavy atom. The molecule has 2 N–H and O–H groups in total. The van der Waals surface area contributed by atoms with Gasteiger partial charge in [0.15, 0.2) is 6.61 Å². The van der Waals surface area contributed by atoms with E-state index in [1.54, 1.807) is 37.3 Å². The van der Waals surface area contributed by atoms with Gasteiger partial charge in [0.1, 0.15) is 17.1 Å². The Kier molecular flexibility index (Phi) is 4.84. The first kappa shape index (κ1) is 17.4. The standard InChI is InChI=1S/C20H16FNO4/c1-12-6-8-14(10-17(12)21)22-18(23)11-26-20(25)16-9-7-13-4-2-3-5-15(13)19(16)24/h2-10,24H,11H2,1H3,(H,22,23). The van der Waals surface area contributed by atoms with Crippen LogP contribution in [-0.4, -0.2) is 23.6 Å². The van der Waals surface area contributed by atoms with Gasteiger partial charge in [-0.15, -0.1) is 0 Å². The van der Waals surface area contributed by atoms with Gasteiger partial charge in [0.2, 0.25) is 0 Å². The average molecular weight is 353 g/mol. The summed E-state index contributed by atoms with van der Waals surface area (Å²) in [4.78, 5) is 24.0. The lowest BCUT2D eigenvalue weighted by atomic mass is 10.1. The molecular formula is C20H16FNO4. The van der Waals surface area contributed by atoms with Crippen LogP contribution in [0.1, 0.15) is 15.9 Å². The van der Waals surface area contributed by atoms with Gasteiger partial charge in [-0.1, -0.05) is 36.4 Å². The predicted molar refractivity (Wildman–Crippen MR) is 95.7 cm³/mol. The van der Waals surface area contributed by atoms with E-state index in [0.29, 0.717) is 10.9 Å². The van der Waals surface area contributed by atoms with Crippen molar-refractivity contribution in [3.63, 3.8) is 0 Å². The third kappa shape index (κ3) is 3.64. The van der Waals surface area contributed by atoms with E-state index < -0.39 is 24.3 Å². The maximum Gasteiger partial charge on any atom is 0.342 e. The number of phenolic OH excluding ortho intramolecular Hbond substituents is 1. The summed E-state index contributed by atoms with van der Waals surface area (Å²) in [6.07, 6.45) is 0. The Morgan fingerprint density at radius 1 is 1.12 bits per heavy atom. The van der Waals surface area contributed by atoms with Crippen LogP contribution in [0.4, 0.5) is 10.1 Å². The number of phenols is 1. The minimum absolute atomic E-state index is 0.0297. The van der Waals surface area contributed by atoms with Crippen molar-refractivity contribution in [2.24, 2.45) is 0 Å². The normalized spacial score (nSPS) is 10.5. The molecule has 0 radical (unpaired) electrons. The van der Waals surface area contributed by atoms with Gasteiger partial charge >= 0.3 is 5.97 Å². The number of hydrogen-bond donors (Lipinski definition) is 2. The Hall–Kier alpha value is -3.41. The first-order valence-electron chi connectivity index (χ1n) is 7.89. The molecule has 0 atom stereocenters. The van der Waals surface area contributed by atoms with Gasteiger partial charge in [0.25, 0.3) is 5.91 Å². The van der Waals surface area contributed by atoms with E-state index in [1.807, 2.05) is 6.07 Å². The van der Waals surface area contributed by atoms with Gasteiger partial charge in [-0.2, -0.15) is 0 Å². The fraction of sp³-hybridized carbons (Fsp3) is 0.100. The van der Waals surface area contributed by atoms with Crippen LogP contribution in [0.25, 0.3) is 10.8 Å². The Labute approximate surface area is 149 Å². The maximum atomic E-state index is 13.5. The van der Waals surface area contributed by atoms with Crippen LogP contribution in [0.2, 0.25) is 0 Å². The molecule has 5 nitrogen and oxygen atoms in total. The zero-order valence-electron chi connectivity index (χ0n) is 14.0. The third-order valence-corrected chi connectivity index (χ3v) is 3.91. The van der Waals surface area contributed by atoms with Gasteiger partial charge in [-0.3, -0.25) is 4.79 Å². The molecule has 26 heavy (non-hydrogen) atoms. The van der Waals surface area contributed by atoms with Crippen LogP contribution >= 0.6 is 0 Å². The quantitative estimate of drug-likeness (QED) is 0.700. The maximum absolute atomic E-state index is 13.5. The van der Waals surface area contributed by atoms with E-state index in [4.69, 9.17) is 4.74 Å². The number of anilines is 1. The highest BCUT2D eigenvalue weighted by molar-refractivity contribution is 6.02. The molecule has 0 heterocycles. The predicted octanol–water partition coefficient (Wildman–Crippen LogP) is 3.79. The number of benzene rings is 3. The minimum atomic E-state index is -0.821. The molecule has 0 bridgehead atoms. The van der Waals surface area contributed by atoms with Gasteiger partial charge in [-0.25, -0.2) is 9.18 Å². The van der Waals surface area contributed by atoms with Crippen LogP contribution in [0.15, 0.2) is 54.6 Å². The van der Waals surface area contributed by atoms with Crippen molar-refractivity contribution in [1.82, 2.24) is 0 Å². The number of aromatic hydroxyl groups is 1. The van der Waals surface area contributed by atoms with E-state index >= 15 is 0 Å². The van der Waals surface area contributed by atoms with Gasteiger partial charge < -0.3 is 15.2 Å². The number of fused-ring (bicyclic) bond motifs is 1. The van der Waals surface area contributed by atoms with E-state index in [1.165, 1.54) is 18.2 Å². The van der Waals surface area contributed by atoms with Crippen molar-refractivity contribution in [2.45, 2.75) is 6.92 Å². The molecule has 0 aliphatic heterocycles. The molecule has 3 rings (SSSR count). The van der Waals surface area contributed by atoms with Gasteiger partial charge in [0, 0.05) is 11.1 Å². The second-order valence-electron chi connectivity index (χ2n) is 5.77. The molecule has 3 aromatic rings. The summed E-state index contributed by atoms with van der Waals surface area (Å²) >= 11 is 0. The Bertz CT molecular complexity index is 1000. The van der Waals surface area contributed by atoms with Crippen LogP contribution in [0.5, 0.6) is 5.75 Å². The topological polar surface area (TPSA) is 75.6 Å². The number of nitrogens with one attached hydrogen (secondary N) is 1. The van der Waals surface area contributed by atoms with Crippen LogP contribution < -0.4 is 5.32 Å². The summed E-state index contributed by atoms with van der Waals surface area (Å²) in [5.74, 6) is -2.07. The molecule has 0 saturated heterocycles. The van der Waals surface area contributed by atoms with Gasteiger partial charge in [0.05, 0.1) is 0 Å². The highest BCUT2D eigenvalue weighted by Gasteiger charge is 2.16. The van der Waals surface area contributed by atoms with E-state index in [2.05, 4.69) is 5.32 Å². The van der Waals surface area contributed by atoms with Crippen molar-refractivity contribution >= 4 is 28.3 Å². The first-order valence-corrected chi connectivity index (χ1v) is 7.89. The molecule has 6 heteroatoms. The summed E-state index contributed by atoms with van der Waals surface area (Å²) in [6.45, 7) is 1.05. The fourth-order valence-electron chi connectivity index (χ4n) is 2.50. The van der Waals surface area contributed by atoms with E-state index in [0.717, 1.165) is 5.39 Å². The highest BCUT2D eigenvalue weighted by Crippen LogP contribution is 2.29. The molecule has 0 fully saturated rings. The van der Waals surface area contributed by atoms with Crippen molar-refractivity contribution < 1.29 is 23.8 Å². The molecular weight excluding hydrogens is 337 g/mol. The Balaban J connectivity index is 1.66. The summed E-state index contributed by atoms with van der Waals surface area (Å²) in [7, 11) is 0. The zero-order chi connectivity index (χ0) is 18.7. The fourth-order valence-corrected chi connectivity index (χ4v) is 2.50. The number of hydrogen-bond acceptors (Lipinski definition) is 4. The summed E-state index contributed by atoms with van der Waals surface area (Å²) in [5, 5.41) is 14.0. The number of aryl methyl sites for hydroxylation is 1. The molecule has 0 saturated carbocycles. The largest absolute Gasteiger partial charge is 0.506 e. The molecule has 0 aliphatic rings. The van der Waals surface area contributed by atoms with E-state index in [9.17, 15) is 19.1 Å². The van der Waals surface area contributed by atoms with Crippen LogP contribution in [-0.2, 0) is 9.53 Å². The molecule has 0 unspecified atom stereocenters. The summed E-state index contributed by atoms with van der Waals surface area (Å²) in [5.41, 5.74) is 0.696. The van der Waals surface area contributed by atoms with Crippen molar-refractivity contribution in [3.8, 4) is 5.75 Å². The summed E-state index contributed by atoms with van der Waals surface area (Å²) in [6, 6.07) is 14.4. The molecule has 0 aromatic heterocycles. The SMILES string of the molecule is Cc1ccc(NC(=O)COC(=O)c2ccc3ccccc3c2O)cc1F. The number of carbonyl (C=O) groups excluding carboxylic acids is 2. The monoisotopic (exact) mass is 353 g/mol. The number of rotatable bonds is 4. The molecule has 1 amide bonds. The lowest BCUT2D eigenvalue weighted by Crippen LogP contribution is -2.21. The second-order valence-corrected chi connectivity index (χ2v) is 5.77. The first-order chi connectivity index (χ1) is 12.5. The number of ether oxygens (including phenoxy) is 1. The highest BCUT2D eigenvalue weighted by atomic mass is 19.1. The minimum Gasteiger partial charge on any atom is -0.506 e. The van der Waals surface area contributed by atoms with Crippen molar-refractivity contribution in [3.05, 3.63) is 71.5 Å². The van der Waals surface area contributed by atoms with E-state index in [-0.39, 0.29) is 17.0 Å². The second kappa shape index (κ2) is 7.23. The zero-order valence-corrected chi connectivity index (χ0v) is 14.0. The number of halogens is 1. The smallest absolute Gasteiger partial charge is 0.342 e. The average Bonchev–Trinajstić information content (AvgIpc) is 2.63. The lowest BCUT2D eigenvalue weighted by molar-refractivity contribution is -0.119. The molecule has 3 aromatic carbocycles. The third-order valence-electron chi connectivity index (χ3n) is 3.91. The molecule has 0 spiro atoms. The van der Waals surface area contributed by atoms with Gasteiger partial charge in [-0.05, 0) is 36.1 Å². The van der Waals surface area contributed by atoms with Crippen LogP contribution in [0, 0.1) is 12.7 Å². The van der Waals surface area contributed by atoms with Crippen molar-refractivity contribution in [1.29, 1.82) is 0 Å². The number of carbonyl (C=O) groups is 2. The summed E-state index contributed by atoms with van der Waals surface area (Å²) < 4.78 is 18.4. The number of esters is 1. The molecule has 0 aliphatic carbocycles. The van der Waals surface area contributed by atoms with Crippen molar-refractivity contribution in [2.75, 3.05) is 11.9 Å². The lowest BCUT2D eigenvalue weighted by Gasteiger charge is -2.09. The number of amides is 1. The van der Waals surface area contributed by atoms with Crippen LogP contribution in [0.3, 0.4) is 0 Å². The molecule has 132 valence electrons. The Morgan fingerprint density at radius 3 is 2.65 bits per heavy atom.